The number of ether oxygens (including phenoxy) is 1. The van der Waals surface area contributed by atoms with Crippen LogP contribution in [0.1, 0.15) is 5.56 Å². The fraction of sp³-hybridized carbons (Fsp3) is 0.278. The molecule has 6 heteroatoms. The molecule has 0 aliphatic carbocycles. The Kier molecular flexibility index (Phi) is 3.96. The van der Waals surface area contributed by atoms with E-state index >= 15 is 0 Å². The lowest BCUT2D eigenvalue weighted by Crippen LogP contribution is -2.37. The number of nitrogens with zero attached hydrogens (tertiary/aromatic N) is 4. The van der Waals surface area contributed by atoms with E-state index in [2.05, 4.69) is 14.9 Å². The SMILES string of the molecule is O=c1c2cnc(N3CCOCC3)nc2ccn1Cc1ccccc1. The second-order valence-corrected chi connectivity index (χ2v) is 5.80. The second-order valence-electron chi connectivity index (χ2n) is 5.80. The maximum absolute atomic E-state index is 12.7. The van der Waals surface area contributed by atoms with Crippen LogP contribution in [-0.2, 0) is 11.3 Å². The Bertz CT molecular complexity index is 902. The van der Waals surface area contributed by atoms with Gasteiger partial charge in [-0.25, -0.2) is 9.97 Å². The molecular weight excluding hydrogens is 304 g/mol. The molecule has 0 atom stereocenters. The van der Waals surface area contributed by atoms with Crippen molar-refractivity contribution in [1.82, 2.24) is 14.5 Å². The molecule has 24 heavy (non-hydrogen) atoms. The molecule has 1 aliphatic heterocycles. The molecule has 3 aromatic rings. The zero-order chi connectivity index (χ0) is 16.4. The fourth-order valence-corrected chi connectivity index (χ4v) is 2.88. The number of morpholine rings is 1. The highest BCUT2D eigenvalue weighted by molar-refractivity contribution is 5.77. The predicted molar refractivity (Wildman–Crippen MR) is 92.4 cm³/mol. The van der Waals surface area contributed by atoms with Gasteiger partial charge in [0.2, 0.25) is 5.95 Å². The first-order valence-electron chi connectivity index (χ1n) is 8.04. The van der Waals surface area contributed by atoms with Gasteiger partial charge in [-0.3, -0.25) is 4.79 Å². The average molecular weight is 322 g/mol. The van der Waals surface area contributed by atoms with Gasteiger partial charge in [0.15, 0.2) is 0 Å². The largest absolute Gasteiger partial charge is 0.378 e. The number of hydrogen-bond acceptors (Lipinski definition) is 5. The van der Waals surface area contributed by atoms with E-state index in [-0.39, 0.29) is 5.56 Å². The van der Waals surface area contributed by atoms with Crippen LogP contribution in [0.3, 0.4) is 0 Å². The monoisotopic (exact) mass is 322 g/mol. The molecule has 0 unspecified atom stereocenters. The third-order valence-corrected chi connectivity index (χ3v) is 4.20. The molecule has 3 heterocycles. The van der Waals surface area contributed by atoms with Crippen molar-refractivity contribution >= 4 is 16.9 Å². The number of rotatable bonds is 3. The van der Waals surface area contributed by atoms with Gasteiger partial charge in [0.25, 0.3) is 5.56 Å². The number of anilines is 1. The Morgan fingerprint density at radius 3 is 2.67 bits per heavy atom. The molecule has 0 amide bonds. The Morgan fingerprint density at radius 2 is 1.88 bits per heavy atom. The Hall–Kier alpha value is -2.73. The normalized spacial score (nSPS) is 14.9. The van der Waals surface area contributed by atoms with Gasteiger partial charge in [-0.1, -0.05) is 30.3 Å². The van der Waals surface area contributed by atoms with Gasteiger partial charge in [-0.05, 0) is 11.6 Å². The van der Waals surface area contributed by atoms with Crippen LogP contribution in [0, 0.1) is 0 Å². The molecule has 0 saturated carbocycles. The molecule has 0 spiro atoms. The Balaban J connectivity index is 1.68. The highest BCUT2D eigenvalue weighted by Gasteiger charge is 2.15. The van der Waals surface area contributed by atoms with Gasteiger partial charge >= 0.3 is 0 Å². The number of pyridine rings is 1. The van der Waals surface area contributed by atoms with Crippen molar-refractivity contribution in [3.8, 4) is 0 Å². The summed E-state index contributed by atoms with van der Waals surface area (Å²) < 4.78 is 7.04. The zero-order valence-electron chi connectivity index (χ0n) is 13.3. The lowest BCUT2D eigenvalue weighted by atomic mass is 10.2. The minimum atomic E-state index is -0.0649. The van der Waals surface area contributed by atoms with Crippen LogP contribution >= 0.6 is 0 Å². The molecule has 2 aromatic heterocycles. The molecule has 0 bridgehead atoms. The number of aromatic nitrogens is 3. The minimum Gasteiger partial charge on any atom is -0.378 e. The van der Waals surface area contributed by atoms with Gasteiger partial charge in [-0.2, -0.15) is 0 Å². The summed E-state index contributed by atoms with van der Waals surface area (Å²) in [6, 6.07) is 11.8. The van der Waals surface area contributed by atoms with Gasteiger partial charge in [0.1, 0.15) is 0 Å². The van der Waals surface area contributed by atoms with Crippen LogP contribution < -0.4 is 10.5 Å². The van der Waals surface area contributed by atoms with E-state index in [1.807, 2.05) is 36.4 Å². The summed E-state index contributed by atoms with van der Waals surface area (Å²) in [5.41, 5.74) is 1.70. The van der Waals surface area contributed by atoms with E-state index < -0.39 is 0 Å². The van der Waals surface area contributed by atoms with Crippen molar-refractivity contribution in [3.63, 3.8) is 0 Å². The molecule has 122 valence electrons. The van der Waals surface area contributed by atoms with Crippen molar-refractivity contribution in [1.29, 1.82) is 0 Å². The molecule has 0 N–H and O–H groups in total. The first-order valence-corrected chi connectivity index (χ1v) is 8.04. The molecular formula is C18H18N4O2. The summed E-state index contributed by atoms with van der Waals surface area (Å²) in [6.45, 7) is 3.45. The van der Waals surface area contributed by atoms with Crippen LogP contribution in [0.5, 0.6) is 0 Å². The summed E-state index contributed by atoms with van der Waals surface area (Å²) in [5, 5.41) is 0.547. The Labute approximate surface area is 139 Å². The molecule has 0 radical (unpaired) electrons. The highest BCUT2D eigenvalue weighted by Crippen LogP contribution is 2.14. The molecule has 1 aliphatic rings. The number of hydrogen-bond donors (Lipinski definition) is 0. The van der Waals surface area contributed by atoms with Crippen molar-refractivity contribution in [2.45, 2.75) is 6.54 Å². The maximum atomic E-state index is 12.7. The first-order chi connectivity index (χ1) is 11.8. The lowest BCUT2D eigenvalue weighted by molar-refractivity contribution is 0.122. The van der Waals surface area contributed by atoms with Crippen LogP contribution in [0.25, 0.3) is 10.9 Å². The third-order valence-electron chi connectivity index (χ3n) is 4.20. The van der Waals surface area contributed by atoms with Crippen molar-refractivity contribution in [2.75, 3.05) is 31.2 Å². The van der Waals surface area contributed by atoms with Crippen LogP contribution in [0.4, 0.5) is 5.95 Å². The van der Waals surface area contributed by atoms with Gasteiger partial charge in [0, 0.05) is 25.5 Å². The standard InChI is InChI=1S/C18H18N4O2/c23-17-15-12-19-18(21-8-10-24-11-9-21)20-16(15)6-7-22(17)13-14-4-2-1-3-5-14/h1-7,12H,8-11,13H2. The highest BCUT2D eigenvalue weighted by atomic mass is 16.5. The first kappa shape index (κ1) is 14.8. The summed E-state index contributed by atoms with van der Waals surface area (Å²) in [5.74, 6) is 0.658. The topological polar surface area (TPSA) is 60.3 Å². The molecule has 1 aromatic carbocycles. The summed E-state index contributed by atoms with van der Waals surface area (Å²) in [4.78, 5) is 23.7. The van der Waals surface area contributed by atoms with Crippen molar-refractivity contribution in [3.05, 3.63) is 64.7 Å². The summed E-state index contributed by atoms with van der Waals surface area (Å²) >= 11 is 0. The van der Waals surface area contributed by atoms with E-state index in [1.165, 1.54) is 0 Å². The number of fused-ring (bicyclic) bond motifs is 1. The molecule has 1 saturated heterocycles. The van der Waals surface area contributed by atoms with Crippen LogP contribution in [0.2, 0.25) is 0 Å². The van der Waals surface area contributed by atoms with Crippen LogP contribution in [-0.4, -0.2) is 40.8 Å². The number of benzene rings is 1. The van der Waals surface area contributed by atoms with E-state index in [4.69, 9.17) is 4.74 Å². The second kappa shape index (κ2) is 6.41. The third kappa shape index (κ3) is 2.88. The maximum Gasteiger partial charge on any atom is 0.261 e. The van der Waals surface area contributed by atoms with Gasteiger partial charge in [0.05, 0.1) is 30.7 Å². The molecule has 1 fully saturated rings. The fourth-order valence-electron chi connectivity index (χ4n) is 2.88. The summed E-state index contributed by atoms with van der Waals surface area (Å²) in [6.07, 6.45) is 3.44. The lowest BCUT2D eigenvalue weighted by Gasteiger charge is -2.26. The van der Waals surface area contributed by atoms with Crippen molar-refractivity contribution < 1.29 is 4.74 Å². The van der Waals surface area contributed by atoms with E-state index in [0.29, 0.717) is 36.6 Å². The average Bonchev–Trinajstić information content (AvgIpc) is 2.65. The minimum absolute atomic E-state index is 0.0649. The van der Waals surface area contributed by atoms with Crippen molar-refractivity contribution in [2.24, 2.45) is 0 Å². The quantitative estimate of drug-likeness (QED) is 0.734. The van der Waals surface area contributed by atoms with Gasteiger partial charge < -0.3 is 14.2 Å². The summed E-state index contributed by atoms with van der Waals surface area (Å²) in [7, 11) is 0. The van der Waals surface area contributed by atoms with Gasteiger partial charge in [-0.15, -0.1) is 0 Å². The Morgan fingerprint density at radius 1 is 1.08 bits per heavy atom. The van der Waals surface area contributed by atoms with E-state index in [0.717, 1.165) is 18.7 Å². The molecule has 4 rings (SSSR count). The predicted octanol–water partition coefficient (Wildman–Crippen LogP) is 1.68. The van der Waals surface area contributed by atoms with Crippen LogP contribution in [0.15, 0.2) is 53.6 Å². The van der Waals surface area contributed by atoms with E-state index in [1.54, 1.807) is 17.0 Å². The molecule has 6 nitrogen and oxygen atoms in total. The van der Waals surface area contributed by atoms with E-state index in [9.17, 15) is 4.79 Å². The zero-order valence-corrected chi connectivity index (χ0v) is 13.3. The smallest absolute Gasteiger partial charge is 0.261 e.